The lowest BCUT2D eigenvalue weighted by molar-refractivity contribution is -0.118. The molecular weight excluding hydrogens is 494 g/mol. The number of nitrogens with zero attached hydrogens (tertiary/aromatic N) is 3. The van der Waals surface area contributed by atoms with Crippen molar-refractivity contribution in [2.24, 2.45) is 17.8 Å². The molecule has 1 amide bonds. The number of hydrogen-bond acceptors (Lipinski definition) is 9. The number of carbonyl (C=O) groups excluding carboxylic acids is 1. The second-order valence-corrected chi connectivity index (χ2v) is 11.2. The van der Waals surface area contributed by atoms with Crippen LogP contribution in [0.2, 0.25) is 5.02 Å². The molecule has 4 unspecified atom stereocenters. The van der Waals surface area contributed by atoms with E-state index in [2.05, 4.69) is 36.4 Å². The number of hydrazine groups is 1. The number of halogens is 1. The summed E-state index contributed by atoms with van der Waals surface area (Å²) in [6.07, 6.45) is 5.69. The Kier molecular flexibility index (Phi) is 5.69. The van der Waals surface area contributed by atoms with Gasteiger partial charge in [0.05, 0.1) is 31.9 Å². The van der Waals surface area contributed by atoms with Crippen molar-refractivity contribution in [2.75, 3.05) is 48.9 Å². The minimum atomic E-state index is -0.393. The summed E-state index contributed by atoms with van der Waals surface area (Å²) in [4.78, 5) is 24.1. The van der Waals surface area contributed by atoms with Crippen LogP contribution in [-0.2, 0) is 14.9 Å². The molecule has 1 aromatic heterocycles. The molecule has 0 radical (unpaired) electrons. The van der Waals surface area contributed by atoms with Crippen LogP contribution in [0.1, 0.15) is 31.2 Å². The molecule has 4 N–H and O–H groups in total. The first-order chi connectivity index (χ1) is 18.1. The van der Waals surface area contributed by atoms with Gasteiger partial charge < -0.3 is 25.0 Å². The van der Waals surface area contributed by atoms with Crippen LogP contribution in [0.15, 0.2) is 24.5 Å². The number of methoxy groups -OCH3 is 1. The van der Waals surface area contributed by atoms with Crippen LogP contribution in [0.25, 0.3) is 0 Å². The SMILES string of the molecule is COc1ccc2c(c1)[C@]1(C[C@H]1C1CCC3C(C1)NNC3Nc1ncnc(N3CCOCC3)c1Cl)C(=O)N2. The molecule has 4 heterocycles. The molecule has 37 heavy (non-hydrogen) atoms. The maximum absolute atomic E-state index is 13.1. The van der Waals surface area contributed by atoms with Gasteiger partial charge in [-0.3, -0.25) is 10.2 Å². The van der Waals surface area contributed by atoms with E-state index < -0.39 is 5.41 Å². The van der Waals surface area contributed by atoms with E-state index in [0.717, 1.165) is 61.6 Å². The van der Waals surface area contributed by atoms with Gasteiger partial charge in [-0.1, -0.05) is 11.6 Å². The standard InChI is InChI=1S/C26H32ClN7O3/c1-36-15-3-5-19-17(11-15)26(25(35)30-19)12-18(26)14-2-4-16-20(10-14)32-33-22(16)31-23-21(27)24(29-13-28-23)34-6-8-37-9-7-34/h3,5,11,13-14,16,18,20,22,32-33H,2,4,6-10,12H2,1H3,(H,30,35)(H,28,29,31)/t14?,16?,18-,20?,22?,26-/m0/s1. The lowest BCUT2D eigenvalue weighted by Gasteiger charge is -2.34. The summed E-state index contributed by atoms with van der Waals surface area (Å²) in [6, 6.07) is 6.25. The molecule has 3 aliphatic heterocycles. The molecule has 2 saturated heterocycles. The van der Waals surface area contributed by atoms with Crippen molar-refractivity contribution in [2.45, 2.75) is 43.3 Å². The second kappa shape index (κ2) is 8.97. The second-order valence-electron chi connectivity index (χ2n) is 10.9. The fraction of sp³-hybridized carbons (Fsp3) is 0.577. The van der Waals surface area contributed by atoms with Crippen molar-refractivity contribution in [1.29, 1.82) is 0 Å². The lowest BCUT2D eigenvalue weighted by atomic mass is 9.74. The molecule has 10 nitrogen and oxygen atoms in total. The van der Waals surface area contributed by atoms with Gasteiger partial charge in [-0.05, 0) is 61.3 Å². The summed E-state index contributed by atoms with van der Waals surface area (Å²) in [5, 5.41) is 7.20. The third-order valence-corrected chi connectivity index (χ3v) is 9.46. The average Bonchev–Trinajstić information content (AvgIpc) is 3.48. The number of rotatable bonds is 5. The Morgan fingerprint density at radius 2 is 2.08 bits per heavy atom. The van der Waals surface area contributed by atoms with Gasteiger partial charge in [0.2, 0.25) is 5.91 Å². The first-order valence-corrected chi connectivity index (χ1v) is 13.6. The van der Waals surface area contributed by atoms with Gasteiger partial charge in [-0.2, -0.15) is 0 Å². The first kappa shape index (κ1) is 23.5. The zero-order valence-electron chi connectivity index (χ0n) is 20.8. The van der Waals surface area contributed by atoms with Crippen LogP contribution in [0.3, 0.4) is 0 Å². The maximum atomic E-state index is 13.1. The Labute approximate surface area is 220 Å². The Bertz CT molecular complexity index is 1220. The minimum Gasteiger partial charge on any atom is -0.497 e. The largest absolute Gasteiger partial charge is 0.497 e. The number of amides is 1. The highest BCUT2D eigenvalue weighted by molar-refractivity contribution is 6.35. The number of carbonyl (C=O) groups is 1. The van der Waals surface area contributed by atoms with E-state index in [9.17, 15) is 4.79 Å². The average molecular weight is 526 g/mol. The van der Waals surface area contributed by atoms with E-state index in [-0.39, 0.29) is 12.1 Å². The normalized spacial score (nSPS) is 34.2. The van der Waals surface area contributed by atoms with Gasteiger partial charge in [0.25, 0.3) is 0 Å². The van der Waals surface area contributed by atoms with Gasteiger partial charge in [0, 0.05) is 30.7 Å². The van der Waals surface area contributed by atoms with Crippen molar-refractivity contribution < 1.29 is 14.3 Å². The summed E-state index contributed by atoms with van der Waals surface area (Å²) < 4.78 is 10.9. The number of fused-ring (bicyclic) bond motifs is 3. The highest BCUT2D eigenvalue weighted by Gasteiger charge is 2.67. The highest BCUT2D eigenvalue weighted by atomic mass is 35.5. The molecule has 11 heteroatoms. The topological polar surface area (TPSA) is 113 Å². The van der Waals surface area contributed by atoms with Crippen molar-refractivity contribution in [3.05, 3.63) is 35.1 Å². The Morgan fingerprint density at radius 3 is 2.92 bits per heavy atom. The fourth-order valence-corrected chi connectivity index (χ4v) is 7.39. The molecule has 4 fully saturated rings. The Morgan fingerprint density at radius 1 is 1.22 bits per heavy atom. The number of hydrogen-bond donors (Lipinski definition) is 4. The van der Waals surface area contributed by atoms with E-state index in [4.69, 9.17) is 21.1 Å². The highest BCUT2D eigenvalue weighted by Crippen LogP contribution is 2.65. The van der Waals surface area contributed by atoms with Gasteiger partial charge in [-0.25, -0.2) is 15.4 Å². The van der Waals surface area contributed by atoms with Crippen molar-refractivity contribution >= 4 is 34.8 Å². The molecule has 1 aromatic carbocycles. The number of anilines is 3. The summed E-state index contributed by atoms with van der Waals surface area (Å²) >= 11 is 6.75. The zero-order valence-corrected chi connectivity index (χ0v) is 21.6. The molecule has 7 rings (SSSR count). The van der Waals surface area contributed by atoms with Crippen LogP contribution in [0, 0.1) is 17.8 Å². The number of benzene rings is 1. The lowest BCUT2D eigenvalue weighted by Crippen LogP contribution is -2.40. The zero-order chi connectivity index (χ0) is 25.1. The third kappa shape index (κ3) is 3.76. The molecule has 1 spiro atoms. The van der Waals surface area contributed by atoms with Gasteiger partial charge in [0.15, 0.2) is 11.6 Å². The number of aromatic nitrogens is 2. The van der Waals surface area contributed by atoms with E-state index in [0.29, 0.717) is 47.8 Å². The van der Waals surface area contributed by atoms with Crippen molar-refractivity contribution in [3.8, 4) is 5.75 Å². The van der Waals surface area contributed by atoms with Gasteiger partial charge in [0.1, 0.15) is 17.1 Å². The number of nitrogens with one attached hydrogen (secondary N) is 4. The molecular formula is C26H32ClN7O3. The summed E-state index contributed by atoms with van der Waals surface area (Å²) in [7, 11) is 1.67. The molecule has 6 atom stereocenters. The number of morpholine rings is 1. The molecule has 2 aromatic rings. The van der Waals surface area contributed by atoms with E-state index in [1.54, 1.807) is 13.4 Å². The molecule has 2 aliphatic carbocycles. The van der Waals surface area contributed by atoms with Crippen LogP contribution in [0.5, 0.6) is 5.75 Å². The van der Waals surface area contributed by atoms with E-state index in [1.165, 1.54) is 0 Å². The fourth-order valence-electron chi connectivity index (χ4n) is 7.12. The summed E-state index contributed by atoms with van der Waals surface area (Å²) in [5.41, 5.74) is 8.61. The van der Waals surface area contributed by atoms with Crippen LogP contribution >= 0.6 is 11.6 Å². The Balaban J connectivity index is 1.03. The van der Waals surface area contributed by atoms with Crippen LogP contribution < -0.4 is 31.1 Å². The van der Waals surface area contributed by atoms with Crippen molar-refractivity contribution in [3.63, 3.8) is 0 Å². The first-order valence-electron chi connectivity index (χ1n) is 13.2. The molecule has 5 aliphatic rings. The van der Waals surface area contributed by atoms with Crippen LogP contribution in [-0.4, -0.2) is 61.5 Å². The monoisotopic (exact) mass is 525 g/mol. The van der Waals surface area contributed by atoms with E-state index >= 15 is 0 Å². The smallest absolute Gasteiger partial charge is 0.235 e. The summed E-state index contributed by atoms with van der Waals surface area (Å²) in [5.74, 6) is 3.60. The predicted octanol–water partition coefficient (Wildman–Crippen LogP) is 2.52. The maximum Gasteiger partial charge on any atom is 0.235 e. The minimum absolute atomic E-state index is 0.0174. The predicted molar refractivity (Wildman–Crippen MR) is 140 cm³/mol. The quantitative estimate of drug-likeness (QED) is 0.467. The Hall–Kier alpha value is -2.66. The molecule has 196 valence electrons. The molecule has 0 bridgehead atoms. The van der Waals surface area contributed by atoms with Crippen LogP contribution in [0.4, 0.5) is 17.3 Å². The van der Waals surface area contributed by atoms with E-state index in [1.807, 2.05) is 18.2 Å². The number of ether oxygens (including phenoxy) is 2. The van der Waals surface area contributed by atoms with Crippen molar-refractivity contribution in [1.82, 2.24) is 20.8 Å². The van der Waals surface area contributed by atoms with Gasteiger partial charge in [-0.15, -0.1) is 0 Å². The summed E-state index contributed by atoms with van der Waals surface area (Å²) in [6.45, 7) is 2.88. The third-order valence-electron chi connectivity index (χ3n) is 9.12. The van der Waals surface area contributed by atoms with Gasteiger partial charge >= 0.3 is 0 Å². The molecule has 2 saturated carbocycles.